The molecule has 0 aliphatic carbocycles. The number of anilines is 1. The molecule has 0 aliphatic rings. The van der Waals surface area contributed by atoms with Crippen LogP contribution >= 0.6 is 0 Å². The summed E-state index contributed by atoms with van der Waals surface area (Å²) in [4.78, 5) is 22.5. The van der Waals surface area contributed by atoms with Gasteiger partial charge in [-0.05, 0) is 54.3 Å². The maximum Gasteiger partial charge on any atom is 0.438 e. The number of nitrogens with one attached hydrogen (secondary N) is 2. The fourth-order valence-electron chi connectivity index (χ4n) is 3.39. The first-order valence-corrected chi connectivity index (χ1v) is 11.4. The SMILES string of the molecule is C=C(O)c1cc2cc(-c3ccnc(N(C)C)c3C)ccc2[nH]1.CC.CCC(C)c1noc(=O)[nH]1. The van der Waals surface area contributed by atoms with E-state index in [-0.39, 0.29) is 11.7 Å². The number of benzene rings is 1. The molecule has 0 saturated heterocycles. The van der Waals surface area contributed by atoms with E-state index in [0.717, 1.165) is 39.8 Å². The molecular formula is C26H35N5O3. The molecular weight excluding hydrogens is 430 g/mol. The predicted octanol–water partition coefficient (Wildman–Crippen LogP) is 6.04. The number of hydrogen-bond donors (Lipinski definition) is 3. The van der Waals surface area contributed by atoms with Crippen LogP contribution in [0, 0.1) is 6.92 Å². The van der Waals surface area contributed by atoms with Gasteiger partial charge in [0.2, 0.25) is 0 Å². The van der Waals surface area contributed by atoms with Gasteiger partial charge in [0.25, 0.3) is 0 Å². The summed E-state index contributed by atoms with van der Waals surface area (Å²) in [6.45, 7) is 13.6. The van der Waals surface area contributed by atoms with E-state index in [1.807, 2.05) is 71.1 Å². The molecule has 1 unspecified atom stereocenters. The Labute approximate surface area is 200 Å². The second-order valence-electron chi connectivity index (χ2n) is 7.92. The van der Waals surface area contributed by atoms with Gasteiger partial charge >= 0.3 is 5.76 Å². The van der Waals surface area contributed by atoms with E-state index in [4.69, 9.17) is 0 Å². The normalized spacial score (nSPS) is 11.1. The molecule has 0 saturated carbocycles. The van der Waals surface area contributed by atoms with Crippen molar-refractivity contribution in [2.24, 2.45) is 0 Å². The minimum atomic E-state index is -0.477. The van der Waals surface area contributed by atoms with Crippen molar-refractivity contribution in [3.05, 3.63) is 70.7 Å². The number of H-pyrrole nitrogens is 2. The van der Waals surface area contributed by atoms with E-state index in [9.17, 15) is 9.90 Å². The highest BCUT2D eigenvalue weighted by molar-refractivity contribution is 5.88. The van der Waals surface area contributed by atoms with Crippen LogP contribution in [-0.4, -0.2) is 39.3 Å². The van der Waals surface area contributed by atoms with Crippen LogP contribution in [0.1, 0.15) is 57.1 Å². The van der Waals surface area contributed by atoms with Crippen molar-refractivity contribution < 1.29 is 9.63 Å². The lowest BCUT2D eigenvalue weighted by Crippen LogP contribution is -2.12. The number of aliphatic hydroxyl groups is 1. The fraction of sp³-hybridized carbons (Fsp3) is 0.346. The zero-order chi connectivity index (χ0) is 25.4. The number of fused-ring (bicyclic) bond motifs is 1. The lowest BCUT2D eigenvalue weighted by atomic mass is 10.0. The van der Waals surface area contributed by atoms with Crippen molar-refractivity contribution in [3.8, 4) is 11.1 Å². The van der Waals surface area contributed by atoms with Crippen LogP contribution in [0.3, 0.4) is 0 Å². The quantitative estimate of drug-likeness (QED) is 0.310. The van der Waals surface area contributed by atoms with E-state index in [0.29, 0.717) is 11.5 Å². The number of aromatic nitrogens is 4. The Bertz CT molecular complexity index is 1280. The summed E-state index contributed by atoms with van der Waals surface area (Å²) >= 11 is 0. The molecule has 3 aromatic heterocycles. The summed E-state index contributed by atoms with van der Waals surface area (Å²) in [6, 6.07) is 10.1. The van der Waals surface area contributed by atoms with E-state index >= 15 is 0 Å². The van der Waals surface area contributed by atoms with Gasteiger partial charge in [-0.2, -0.15) is 0 Å². The third kappa shape index (κ3) is 6.15. The Morgan fingerprint density at radius 1 is 1.21 bits per heavy atom. The molecule has 34 heavy (non-hydrogen) atoms. The molecule has 182 valence electrons. The van der Waals surface area contributed by atoms with Crippen molar-refractivity contribution in [1.29, 1.82) is 0 Å². The third-order valence-electron chi connectivity index (χ3n) is 5.38. The van der Waals surface area contributed by atoms with E-state index in [1.165, 1.54) is 0 Å². The summed E-state index contributed by atoms with van der Waals surface area (Å²) in [7, 11) is 3.99. The van der Waals surface area contributed by atoms with Crippen molar-refractivity contribution in [2.75, 3.05) is 19.0 Å². The Kier molecular flexibility index (Phi) is 9.24. The summed E-state index contributed by atoms with van der Waals surface area (Å²) in [5.74, 6) is 1.44. The molecule has 0 spiro atoms. The molecule has 3 heterocycles. The molecule has 8 heteroatoms. The Morgan fingerprint density at radius 2 is 1.91 bits per heavy atom. The maximum absolute atomic E-state index is 10.4. The van der Waals surface area contributed by atoms with Crippen molar-refractivity contribution in [1.82, 2.24) is 20.1 Å². The van der Waals surface area contributed by atoms with Crippen LogP contribution < -0.4 is 10.7 Å². The number of nitrogens with zero attached hydrogens (tertiary/aromatic N) is 3. The molecule has 0 radical (unpaired) electrons. The maximum atomic E-state index is 10.4. The lowest BCUT2D eigenvalue weighted by molar-refractivity contribution is 0.377. The van der Waals surface area contributed by atoms with Crippen LogP contribution in [0.25, 0.3) is 27.8 Å². The van der Waals surface area contributed by atoms with Gasteiger partial charge in [0.15, 0.2) is 5.82 Å². The van der Waals surface area contributed by atoms with Crippen molar-refractivity contribution in [3.63, 3.8) is 0 Å². The lowest BCUT2D eigenvalue weighted by Gasteiger charge is -2.16. The monoisotopic (exact) mass is 465 g/mol. The molecule has 3 N–H and O–H groups in total. The fourth-order valence-corrected chi connectivity index (χ4v) is 3.39. The second-order valence-corrected chi connectivity index (χ2v) is 7.92. The van der Waals surface area contributed by atoms with Gasteiger partial charge in [-0.25, -0.2) is 9.78 Å². The van der Waals surface area contributed by atoms with Gasteiger partial charge < -0.3 is 15.0 Å². The summed E-state index contributed by atoms with van der Waals surface area (Å²) < 4.78 is 4.33. The topological polar surface area (TPSA) is 111 Å². The first-order valence-electron chi connectivity index (χ1n) is 11.4. The molecule has 4 rings (SSSR count). The molecule has 0 amide bonds. The summed E-state index contributed by atoms with van der Waals surface area (Å²) in [5, 5.41) is 14.1. The smallest absolute Gasteiger partial charge is 0.438 e. The standard InChI is InChI=1S/C18H19N3O.C6H10N2O2.C2H6/c1-11-15(7-8-19-18(11)21(3)4)13-5-6-16-14(9-13)10-17(20-16)12(2)22;1-3-4(2)5-7-6(9)10-8-5;1-2/h5-10,20,22H,2H2,1,3-4H3;4H,3H2,1-2H3,(H,7,8,9);1-2H3. The number of pyridine rings is 1. The van der Waals surface area contributed by atoms with Crippen LogP contribution in [0.4, 0.5) is 5.82 Å². The van der Waals surface area contributed by atoms with E-state index in [1.54, 1.807) is 0 Å². The minimum absolute atomic E-state index is 0.0488. The van der Waals surface area contributed by atoms with Crippen LogP contribution in [0.15, 0.2) is 52.4 Å². The molecule has 8 nitrogen and oxygen atoms in total. The van der Waals surface area contributed by atoms with Gasteiger partial charge in [-0.15, -0.1) is 0 Å². The summed E-state index contributed by atoms with van der Waals surface area (Å²) in [5.41, 5.74) is 5.06. The van der Waals surface area contributed by atoms with Gasteiger partial charge in [0.1, 0.15) is 11.6 Å². The average molecular weight is 466 g/mol. The van der Waals surface area contributed by atoms with Gasteiger partial charge in [-0.1, -0.05) is 45.5 Å². The van der Waals surface area contributed by atoms with Crippen LogP contribution in [0.2, 0.25) is 0 Å². The minimum Gasteiger partial charge on any atom is -0.506 e. The largest absolute Gasteiger partial charge is 0.506 e. The molecule has 0 aliphatic heterocycles. The number of aromatic amines is 2. The molecule has 1 atom stereocenters. The number of rotatable bonds is 5. The predicted molar refractivity (Wildman–Crippen MR) is 139 cm³/mol. The van der Waals surface area contributed by atoms with E-state index < -0.39 is 5.76 Å². The molecule has 1 aromatic carbocycles. The Balaban J connectivity index is 0.000000286. The molecule has 0 fully saturated rings. The van der Waals surface area contributed by atoms with Gasteiger partial charge in [0.05, 0.1) is 5.69 Å². The average Bonchev–Trinajstić information content (AvgIpc) is 3.46. The second kappa shape index (κ2) is 11.9. The van der Waals surface area contributed by atoms with Crippen molar-refractivity contribution in [2.45, 2.75) is 47.0 Å². The highest BCUT2D eigenvalue weighted by Gasteiger charge is 2.11. The first kappa shape index (κ1) is 26.4. The molecule has 4 aromatic rings. The first-order chi connectivity index (χ1) is 16.2. The number of hydrogen-bond acceptors (Lipinski definition) is 6. The van der Waals surface area contributed by atoms with Gasteiger partial charge in [-0.3, -0.25) is 9.51 Å². The summed E-state index contributed by atoms with van der Waals surface area (Å²) in [6.07, 6.45) is 2.78. The highest BCUT2D eigenvalue weighted by atomic mass is 16.5. The van der Waals surface area contributed by atoms with Gasteiger partial charge in [0, 0.05) is 37.1 Å². The Morgan fingerprint density at radius 3 is 2.47 bits per heavy atom. The highest BCUT2D eigenvalue weighted by Crippen LogP contribution is 2.31. The zero-order valence-corrected chi connectivity index (χ0v) is 21.1. The van der Waals surface area contributed by atoms with E-state index in [2.05, 4.69) is 50.3 Å². The van der Waals surface area contributed by atoms with Crippen LogP contribution in [-0.2, 0) is 0 Å². The Hall–Kier alpha value is -3.81. The molecule has 0 bridgehead atoms. The zero-order valence-electron chi connectivity index (χ0n) is 21.1. The third-order valence-corrected chi connectivity index (χ3v) is 5.38. The van der Waals surface area contributed by atoms with Crippen LogP contribution in [0.5, 0.6) is 0 Å². The number of aliphatic hydroxyl groups excluding tert-OH is 1. The van der Waals surface area contributed by atoms with Crippen molar-refractivity contribution >= 4 is 22.5 Å².